The van der Waals surface area contributed by atoms with Gasteiger partial charge in [0.1, 0.15) is 6.54 Å². The number of amides is 2. The molecule has 1 aromatic heterocycles. The molecule has 0 aliphatic carbocycles. The minimum atomic E-state index is -0.0488. The maximum atomic E-state index is 12.5. The van der Waals surface area contributed by atoms with Gasteiger partial charge in [-0.3, -0.25) is 9.59 Å². The van der Waals surface area contributed by atoms with Crippen molar-refractivity contribution < 1.29 is 9.59 Å². The van der Waals surface area contributed by atoms with Crippen LogP contribution >= 0.6 is 11.8 Å². The van der Waals surface area contributed by atoms with E-state index in [4.69, 9.17) is 0 Å². The van der Waals surface area contributed by atoms with Crippen molar-refractivity contribution >= 4 is 40.2 Å². The lowest BCUT2D eigenvalue weighted by molar-refractivity contribution is -0.131. The molecule has 0 aliphatic heterocycles. The number of carbonyl (C=O) groups is 2. The Labute approximate surface area is 169 Å². The van der Waals surface area contributed by atoms with Gasteiger partial charge in [0.2, 0.25) is 11.8 Å². The highest BCUT2D eigenvalue weighted by Gasteiger charge is 2.15. The second kappa shape index (κ2) is 9.46. The summed E-state index contributed by atoms with van der Waals surface area (Å²) >= 11 is 1.49. The number of nitrogens with one attached hydrogen (secondary N) is 1. The van der Waals surface area contributed by atoms with E-state index < -0.39 is 0 Å². The lowest BCUT2D eigenvalue weighted by Crippen LogP contribution is -2.33. The van der Waals surface area contributed by atoms with Gasteiger partial charge in [-0.25, -0.2) is 0 Å². The van der Waals surface area contributed by atoms with Crippen LogP contribution in [0, 0.1) is 0 Å². The Balaban J connectivity index is 1.73. The molecule has 5 nitrogen and oxygen atoms in total. The quantitative estimate of drug-likeness (QED) is 0.581. The predicted octanol–water partition coefficient (Wildman–Crippen LogP) is 4.24. The maximum absolute atomic E-state index is 12.5. The van der Waals surface area contributed by atoms with E-state index in [2.05, 4.69) is 5.32 Å². The van der Waals surface area contributed by atoms with E-state index in [-0.39, 0.29) is 11.8 Å². The lowest BCUT2D eigenvalue weighted by atomic mass is 10.2. The van der Waals surface area contributed by atoms with Gasteiger partial charge in [-0.2, -0.15) is 0 Å². The number of para-hydroxylation sites is 2. The van der Waals surface area contributed by atoms with Crippen LogP contribution in [0.3, 0.4) is 0 Å². The Morgan fingerprint density at radius 3 is 2.39 bits per heavy atom. The molecular formula is C22H25N3O2S. The highest BCUT2D eigenvalue weighted by Crippen LogP contribution is 2.30. The first kappa shape index (κ1) is 20.0. The van der Waals surface area contributed by atoms with E-state index in [9.17, 15) is 9.59 Å². The number of nitrogens with zero attached hydrogens (tertiary/aromatic N) is 2. The molecule has 0 aliphatic rings. The van der Waals surface area contributed by atoms with Crippen LogP contribution < -0.4 is 5.32 Å². The zero-order valence-electron chi connectivity index (χ0n) is 16.2. The Morgan fingerprint density at radius 2 is 1.68 bits per heavy atom. The molecule has 3 rings (SSSR count). The van der Waals surface area contributed by atoms with Crippen LogP contribution in [0.25, 0.3) is 10.9 Å². The summed E-state index contributed by atoms with van der Waals surface area (Å²) in [6.45, 7) is 5.69. The summed E-state index contributed by atoms with van der Waals surface area (Å²) in [5.74, 6) is 0.365. The lowest BCUT2D eigenvalue weighted by Gasteiger charge is -2.19. The van der Waals surface area contributed by atoms with Gasteiger partial charge in [-0.15, -0.1) is 11.8 Å². The van der Waals surface area contributed by atoms with E-state index in [0.29, 0.717) is 25.4 Å². The van der Waals surface area contributed by atoms with Crippen molar-refractivity contribution in [2.24, 2.45) is 0 Å². The Morgan fingerprint density at radius 1 is 1.00 bits per heavy atom. The zero-order chi connectivity index (χ0) is 19.9. The molecule has 6 heteroatoms. The van der Waals surface area contributed by atoms with Gasteiger partial charge in [0.05, 0.1) is 5.75 Å². The van der Waals surface area contributed by atoms with E-state index in [1.165, 1.54) is 11.8 Å². The number of likely N-dealkylation sites (N-methyl/N-ethyl adjacent to an activating group) is 1. The average Bonchev–Trinajstić information content (AvgIpc) is 3.06. The van der Waals surface area contributed by atoms with E-state index >= 15 is 0 Å². The van der Waals surface area contributed by atoms with E-state index in [1.54, 1.807) is 0 Å². The standard InChI is InChI=1S/C22H25N3O2S/c1-3-24(4-2)22(27)15-25-14-20(18-12-8-9-13-19(18)25)28-16-21(26)23-17-10-6-5-7-11-17/h5-14H,3-4,15-16H2,1-2H3,(H,23,26). The SMILES string of the molecule is CCN(CC)C(=O)Cn1cc(SCC(=O)Nc2ccccc2)c2ccccc21. The average molecular weight is 396 g/mol. The monoisotopic (exact) mass is 395 g/mol. The first-order chi connectivity index (χ1) is 13.6. The minimum Gasteiger partial charge on any atom is -0.342 e. The third kappa shape index (κ3) is 4.75. The van der Waals surface area contributed by atoms with E-state index in [0.717, 1.165) is 21.5 Å². The van der Waals surface area contributed by atoms with Crippen molar-refractivity contribution in [3.05, 3.63) is 60.8 Å². The smallest absolute Gasteiger partial charge is 0.242 e. The predicted molar refractivity (Wildman–Crippen MR) is 116 cm³/mol. The Bertz CT molecular complexity index is 949. The van der Waals surface area contributed by atoms with Gasteiger partial charge >= 0.3 is 0 Å². The zero-order valence-corrected chi connectivity index (χ0v) is 17.0. The first-order valence-corrected chi connectivity index (χ1v) is 10.4. The van der Waals surface area contributed by atoms with Crippen LogP contribution in [0.2, 0.25) is 0 Å². The molecule has 3 aromatic rings. The third-order valence-electron chi connectivity index (χ3n) is 4.59. The van der Waals surface area contributed by atoms with Crippen LogP contribution in [-0.2, 0) is 16.1 Å². The van der Waals surface area contributed by atoms with E-state index in [1.807, 2.05) is 84.1 Å². The molecule has 1 heterocycles. The summed E-state index contributed by atoms with van der Waals surface area (Å²) in [7, 11) is 0. The molecule has 28 heavy (non-hydrogen) atoms. The fourth-order valence-corrected chi connectivity index (χ4v) is 4.03. The van der Waals surface area contributed by atoms with Crippen LogP contribution in [0.15, 0.2) is 65.7 Å². The highest BCUT2D eigenvalue weighted by atomic mass is 32.2. The molecule has 0 fully saturated rings. The van der Waals surface area contributed by atoms with Crippen molar-refractivity contribution in [1.29, 1.82) is 0 Å². The number of aromatic nitrogens is 1. The van der Waals surface area contributed by atoms with Crippen molar-refractivity contribution in [2.75, 3.05) is 24.2 Å². The largest absolute Gasteiger partial charge is 0.342 e. The number of hydrogen-bond donors (Lipinski definition) is 1. The molecular weight excluding hydrogens is 370 g/mol. The van der Waals surface area contributed by atoms with Crippen LogP contribution in [0.5, 0.6) is 0 Å². The van der Waals surface area contributed by atoms with Crippen molar-refractivity contribution in [3.63, 3.8) is 0 Å². The summed E-state index contributed by atoms with van der Waals surface area (Å²) in [5.41, 5.74) is 1.80. The number of benzene rings is 2. The Kier molecular flexibility index (Phi) is 6.76. The summed E-state index contributed by atoms with van der Waals surface area (Å²) < 4.78 is 1.98. The summed E-state index contributed by atoms with van der Waals surface area (Å²) in [6.07, 6.45) is 1.98. The number of fused-ring (bicyclic) bond motifs is 1. The molecule has 0 atom stereocenters. The van der Waals surface area contributed by atoms with Gasteiger partial charge in [0.15, 0.2) is 0 Å². The van der Waals surface area contributed by atoms with Crippen LogP contribution in [0.4, 0.5) is 5.69 Å². The number of anilines is 1. The van der Waals surface area contributed by atoms with Gasteiger partial charge in [0.25, 0.3) is 0 Å². The molecule has 0 unspecified atom stereocenters. The highest BCUT2D eigenvalue weighted by molar-refractivity contribution is 8.00. The third-order valence-corrected chi connectivity index (χ3v) is 5.63. The van der Waals surface area contributed by atoms with Gasteiger partial charge in [-0.05, 0) is 32.0 Å². The number of rotatable bonds is 8. The molecule has 0 spiro atoms. The minimum absolute atomic E-state index is 0.0488. The first-order valence-electron chi connectivity index (χ1n) is 9.45. The van der Waals surface area contributed by atoms with Crippen molar-refractivity contribution in [2.45, 2.75) is 25.3 Å². The fraction of sp³-hybridized carbons (Fsp3) is 0.273. The topological polar surface area (TPSA) is 54.3 Å². The number of thioether (sulfide) groups is 1. The number of hydrogen-bond acceptors (Lipinski definition) is 3. The Hall–Kier alpha value is -2.73. The van der Waals surface area contributed by atoms with Gasteiger partial charge in [0, 0.05) is 40.8 Å². The van der Waals surface area contributed by atoms with Crippen LogP contribution in [0.1, 0.15) is 13.8 Å². The number of carbonyl (C=O) groups excluding carboxylic acids is 2. The molecule has 0 bridgehead atoms. The van der Waals surface area contributed by atoms with Crippen LogP contribution in [-0.4, -0.2) is 40.1 Å². The second-order valence-electron chi connectivity index (χ2n) is 6.41. The second-order valence-corrected chi connectivity index (χ2v) is 7.42. The fourth-order valence-electron chi connectivity index (χ4n) is 3.14. The van der Waals surface area contributed by atoms with Crippen molar-refractivity contribution in [3.8, 4) is 0 Å². The molecule has 146 valence electrons. The molecule has 2 amide bonds. The maximum Gasteiger partial charge on any atom is 0.242 e. The van der Waals surface area contributed by atoms with Crippen molar-refractivity contribution in [1.82, 2.24) is 9.47 Å². The van der Waals surface area contributed by atoms with Gasteiger partial charge < -0.3 is 14.8 Å². The summed E-state index contributed by atoms with van der Waals surface area (Å²) in [6, 6.07) is 17.4. The molecule has 1 N–H and O–H groups in total. The molecule has 2 aromatic carbocycles. The summed E-state index contributed by atoms with van der Waals surface area (Å²) in [4.78, 5) is 27.6. The normalized spacial score (nSPS) is 10.8. The van der Waals surface area contributed by atoms with Gasteiger partial charge in [-0.1, -0.05) is 36.4 Å². The molecule has 0 radical (unpaired) electrons. The molecule has 0 saturated carbocycles. The summed E-state index contributed by atoms with van der Waals surface area (Å²) in [5, 5.41) is 3.96. The molecule has 0 saturated heterocycles.